The molecule has 7 nitrogen and oxygen atoms in total. The average molecular weight is 434 g/mol. The first-order valence-electron chi connectivity index (χ1n) is 11.3. The van der Waals surface area contributed by atoms with E-state index in [0.717, 1.165) is 30.3 Å². The van der Waals surface area contributed by atoms with Gasteiger partial charge in [0.15, 0.2) is 0 Å². The molecule has 0 unspecified atom stereocenters. The molecule has 0 aliphatic heterocycles. The van der Waals surface area contributed by atoms with Crippen molar-refractivity contribution in [3.8, 4) is 0 Å². The number of benzene rings is 1. The van der Waals surface area contributed by atoms with Gasteiger partial charge in [0.05, 0.1) is 16.6 Å². The highest BCUT2D eigenvalue weighted by Gasteiger charge is 2.20. The smallest absolute Gasteiger partial charge is 0.331 e. The van der Waals surface area contributed by atoms with Gasteiger partial charge in [-0.15, -0.1) is 0 Å². The normalized spacial score (nSPS) is 15.0. The molecule has 1 heterocycles. The zero-order valence-electron chi connectivity index (χ0n) is 18.3. The Bertz CT molecular complexity index is 1050. The lowest BCUT2D eigenvalue weighted by Crippen LogP contribution is -2.41. The van der Waals surface area contributed by atoms with E-state index >= 15 is 0 Å². The zero-order chi connectivity index (χ0) is 22.5. The molecule has 8 heteroatoms. The van der Waals surface area contributed by atoms with Gasteiger partial charge in [-0.3, -0.25) is 18.7 Å². The monoisotopic (exact) mass is 433 g/mol. The number of nitrogens with zero attached hydrogens (tertiary/aromatic N) is 2. The van der Waals surface area contributed by atoms with Crippen molar-refractivity contribution in [3.05, 3.63) is 38.8 Å². The number of carboxylic acids is 1. The predicted molar refractivity (Wildman–Crippen MR) is 119 cm³/mol. The van der Waals surface area contributed by atoms with Gasteiger partial charge >= 0.3 is 11.7 Å². The van der Waals surface area contributed by atoms with Crippen LogP contribution in [0.5, 0.6) is 0 Å². The van der Waals surface area contributed by atoms with Crippen molar-refractivity contribution < 1.29 is 14.3 Å². The van der Waals surface area contributed by atoms with Crippen LogP contribution in [0.3, 0.4) is 0 Å². The third-order valence-corrected chi connectivity index (χ3v) is 6.01. The molecule has 1 aromatic heterocycles. The topological polar surface area (TPSA) is 93.3 Å². The molecule has 0 bridgehead atoms. The van der Waals surface area contributed by atoms with Gasteiger partial charge in [0.1, 0.15) is 5.82 Å². The molecule has 1 fully saturated rings. The third-order valence-electron chi connectivity index (χ3n) is 6.01. The summed E-state index contributed by atoms with van der Waals surface area (Å²) in [5, 5.41) is 12.2. The van der Waals surface area contributed by atoms with Gasteiger partial charge in [-0.05, 0) is 51.7 Å². The Kier molecular flexibility index (Phi) is 7.51. The number of anilines is 1. The van der Waals surface area contributed by atoms with Crippen LogP contribution in [0.25, 0.3) is 10.9 Å². The highest BCUT2D eigenvalue weighted by atomic mass is 19.1. The van der Waals surface area contributed by atoms with Gasteiger partial charge in [-0.1, -0.05) is 25.7 Å². The second-order valence-electron chi connectivity index (χ2n) is 8.74. The number of aliphatic carboxylic acids is 1. The third kappa shape index (κ3) is 5.35. The van der Waals surface area contributed by atoms with Gasteiger partial charge in [0.25, 0.3) is 5.56 Å². The molecule has 2 aromatic rings. The minimum Gasteiger partial charge on any atom is -0.481 e. The summed E-state index contributed by atoms with van der Waals surface area (Å²) in [7, 11) is 0. The molecule has 2 N–H and O–H groups in total. The first-order valence-corrected chi connectivity index (χ1v) is 11.3. The van der Waals surface area contributed by atoms with Gasteiger partial charge in [0.2, 0.25) is 0 Å². The number of carbonyl (C=O) groups is 1. The number of halogens is 1. The number of rotatable bonds is 9. The SMILES string of the molecule is CC(C)n1c(=O)n(CCCCCC(=O)O)c(=O)c2cc(F)c(NC3CCCCC3)cc21. The van der Waals surface area contributed by atoms with E-state index in [1.807, 2.05) is 13.8 Å². The molecule has 1 saturated carbocycles. The second kappa shape index (κ2) is 10.1. The molecule has 0 saturated heterocycles. The quantitative estimate of drug-likeness (QED) is 0.576. The highest BCUT2D eigenvalue weighted by Crippen LogP contribution is 2.26. The maximum absolute atomic E-state index is 14.9. The van der Waals surface area contributed by atoms with E-state index in [1.54, 1.807) is 10.6 Å². The molecule has 0 amide bonds. The fourth-order valence-corrected chi connectivity index (χ4v) is 4.39. The number of unbranched alkanes of at least 4 members (excludes halogenated alkanes) is 2. The highest BCUT2D eigenvalue weighted by molar-refractivity contribution is 5.82. The van der Waals surface area contributed by atoms with Crippen LogP contribution in [-0.2, 0) is 11.3 Å². The summed E-state index contributed by atoms with van der Waals surface area (Å²) in [6.45, 7) is 3.91. The van der Waals surface area contributed by atoms with Crippen LogP contribution in [0.15, 0.2) is 21.7 Å². The fourth-order valence-electron chi connectivity index (χ4n) is 4.39. The molecule has 3 rings (SSSR count). The van der Waals surface area contributed by atoms with E-state index in [-0.39, 0.29) is 30.4 Å². The van der Waals surface area contributed by atoms with Crippen molar-refractivity contribution in [1.29, 1.82) is 0 Å². The summed E-state index contributed by atoms with van der Waals surface area (Å²) in [5.74, 6) is -1.35. The summed E-state index contributed by atoms with van der Waals surface area (Å²) in [6.07, 6.45) is 7.04. The minimum atomic E-state index is -0.863. The molecular weight excluding hydrogens is 401 g/mol. The lowest BCUT2D eigenvalue weighted by molar-refractivity contribution is -0.137. The molecule has 1 aliphatic carbocycles. The Morgan fingerprint density at radius 3 is 2.52 bits per heavy atom. The maximum atomic E-state index is 14.9. The van der Waals surface area contributed by atoms with E-state index in [1.165, 1.54) is 12.5 Å². The molecule has 0 atom stereocenters. The van der Waals surface area contributed by atoms with Gasteiger partial charge < -0.3 is 10.4 Å². The Labute approximate surface area is 180 Å². The van der Waals surface area contributed by atoms with E-state index in [4.69, 9.17) is 5.11 Å². The Morgan fingerprint density at radius 1 is 1.16 bits per heavy atom. The summed E-state index contributed by atoms with van der Waals surface area (Å²) in [6, 6.07) is 2.83. The lowest BCUT2D eigenvalue weighted by Gasteiger charge is -2.25. The Morgan fingerprint density at radius 2 is 1.87 bits per heavy atom. The van der Waals surface area contributed by atoms with Crippen molar-refractivity contribution in [2.45, 2.75) is 90.3 Å². The maximum Gasteiger partial charge on any atom is 0.331 e. The van der Waals surface area contributed by atoms with Crippen LogP contribution in [0.1, 0.15) is 77.7 Å². The van der Waals surface area contributed by atoms with E-state index in [2.05, 4.69) is 5.32 Å². The Hall–Kier alpha value is -2.64. The molecule has 1 aromatic carbocycles. The molecule has 170 valence electrons. The number of carboxylic acid groups (broad SMARTS) is 1. The molecular formula is C23H32FN3O4. The average Bonchev–Trinajstić information content (AvgIpc) is 2.71. The van der Waals surface area contributed by atoms with Crippen LogP contribution in [0.4, 0.5) is 10.1 Å². The van der Waals surface area contributed by atoms with E-state index < -0.39 is 23.0 Å². The van der Waals surface area contributed by atoms with Gasteiger partial charge in [-0.25, -0.2) is 9.18 Å². The number of nitrogens with one attached hydrogen (secondary N) is 1. The standard InChI is InChI=1S/C23H32FN3O4/c1-15(2)27-20-14-19(25-16-9-5-3-6-10-16)18(24)13-17(20)22(30)26(23(27)31)12-8-4-7-11-21(28)29/h13-16,25H,3-12H2,1-2H3,(H,28,29). The van der Waals surface area contributed by atoms with E-state index in [9.17, 15) is 18.8 Å². The number of hydrogen-bond donors (Lipinski definition) is 2. The van der Waals surface area contributed by atoms with Crippen LogP contribution in [-0.4, -0.2) is 26.3 Å². The van der Waals surface area contributed by atoms with Crippen molar-refractivity contribution in [2.24, 2.45) is 0 Å². The lowest BCUT2D eigenvalue weighted by atomic mass is 9.95. The number of hydrogen-bond acceptors (Lipinski definition) is 4. The first kappa shape index (κ1) is 23.0. The van der Waals surface area contributed by atoms with Crippen LogP contribution >= 0.6 is 0 Å². The molecule has 0 spiro atoms. The van der Waals surface area contributed by atoms with Crippen LogP contribution < -0.4 is 16.6 Å². The largest absolute Gasteiger partial charge is 0.481 e. The van der Waals surface area contributed by atoms with Crippen molar-refractivity contribution in [2.75, 3.05) is 5.32 Å². The zero-order valence-corrected chi connectivity index (χ0v) is 18.3. The molecule has 31 heavy (non-hydrogen) atoms. The minimum absolute atomic E-state index is 0.0603. The van der Waals surface area contributed by atoms with Crippen molar-refractivity contribution in [3.63, 3.8) is 0 Å². The Balaban J connectivity index is 1.96. The summed E-state index contributed by atoms with van der Waals surface area (Å²) >= 11 is 0. The summed E-state index contributed by atoms with van der Waals surface area (Å²) < 4.78 is 17.6. The molecule has 1 aliphatic rings. The van der Waals surface area contributed by atoms with Crippen LogP contribution in [0, 0.1) is 5.82 Å². The predicted octanol–water partition coefficient (Wildman–Crippen LogP) is 4.27. The number of fused-ring (bicyclic) bond motifs is 1. The van der Waals surface area contributed by atoms with Crippen molar-refractivity contribution in [1.82, 2.24) is 9.13 Å². The summed E-state index contributed by atoms with van der Waals surface area (Å²) in [5.41, 5.74) is -0.148. The number of aromatic nitrogens is 2. The van der Waals surface area contributed by atoms with Crippen molar-refractivity contribution >= 4 is 22.6 Å². The fraction of sp³-hybridized carbons (Fsp3) is 0.609. The first-order chi connectivity index (χ1) is 14.8. The van der Waals surface area contributed by atoms with Gasteiger partial charge in [-0.2, -0.15) is 0 Å². The molecule has 0 radical (unpaired) electrons. The second-order valence-corrected chi connectivity index (χ2v) is 8.74. The van der Waals surface area contributed by atoms with Gasteiger partial charge in [0, 0.05) is 25.0 Å². The summed E-state index contributed by atoms with van der Waals surface area (Å²) in [4.78, 5) is 36.8. The van der Waals surface area contributed by atoms with E-state index in [0.29, 0.717) is 30.5 Å². The van der Waals surface area contributed by atoms with Crippen LogP contribution in [0.2, 0.25) is 0 Å².